The van der Waals surface area contributed by atoms with E-state index in [2.05, 4.69) is 15.3 Å². The van der Waals surface area contributed by atoms with Crippen LogP contribution >= 0.6 is 0 Å². The maximum atomic E-state index is 11.9. The van der Waals surface area contributed by atoms with Gasteiger partial charge in [0.1, 0.15) is 5.75 Å². The number of anilines is 1. The van der Waals surface area contributed by atoms with Crippen LogP contribution in [0.3, 0.4) is 0 Å². The van der Waals surface area contributed by atoms with Gasteiger partial charge in [-0.05, 0) is 18.6 Å². The summed E-state index contributed by atoms with van der Waals surface area (Å²) in [5.41, 5.74) is 0.548. The van der Waals surface area contributed by atoms with Crippen molar-refractivity contribution >= 4 is 11.6 Å². The molecule has 1 aliphatic heterocycles. The smallest absolute Gasteiger partial charge is 0.322 e. The van der Waals surface area contributed by atoms with Crippen molar-refractivity contribution in [2.75, 3.05) is 18.5 Å². The summed E-state index contributed by atoms with van der Waals surface area (Å²) >= 11 is 0. The summed E-state index contributed by atoms with van der Waals surface area (Å²) in [5, 5.41) is 2.78. The van der Waals surface area contributed by atoms with Crippen molar-refractivity contribution in [3.8, 4) is 11.8 Å². The van der Waals surface area contributed by atoms with Crippen LogP contribution in [0.1, 0.15) is 6.42 Å². The molecule has 0 aliphatic carbocycles. The predicted molar refractivity (Wildman–Crippen MR) is 76.1 cm³/mol. The number of carbonyl (C=O) groups is 1. The van der Waals surface area contributed by atoms with E-state index in [1.807, 2.05) is 30.3 Å². The number of nitrogens with zero attached hydrogens (tertiary/aromatic N) is 2. The quantitative estimate of drug-likeness (QED) is 0.932. The van der Waals surface area contributed by atoms with E-state index in [-0.39, 0.29) is 17.8 Å². The molecule has 1 aromatic carbocycles. The summed E-state index contributed by atoms with van der Waals surface area (Å²) in [4.78, 5) is 20.1. The highest BCUT2D eigenvalue weighted by Crippen LogP contribution is 2.18. The van der Waals surface area contributed by atoms with Gasteiger partial charge in [0.2, 0.25) is 5.91 Å². The summed E-state index contributed by atoms with van der Waals surface area (Å²) in [6, 6.07) is 9.52. The lowest BCUT2D eigenvalue weighted by atomic mass is 10.1. The zero-order valence-corrected chi connectivity index (χ0v) is 11.4. The molecule has 6 heteroatoms. The molecular formula is C15H15N3O3. The molecule has 1 atom stereocenters. The van der Waals surface area contributed by atoms with Crippen molar-refractivity contribution in [1.82, 2.24) is 9.97 Å². The van der Waals surface area contributed by atoms with Gasteiger partial charge in [-0.1, -0.05) is 18.2 Å². The third-order valence-corrected chi connectivity index (χ3v) is 3.15. The Morgan fingerprint density at radius 3 is 2.67 bits per heavy atom. The number of ether oxygens (including phenoxy) is 2. The second kappa shape index (κ2) is 6.32. The topological polar surface area (TPSA) is 73.3 Å². The van der Waals surface area contributed by atoms with Gasteiger partial charge in [0, 0.05) is 6.61 Å². The van der Waals surface area contributed by atoms with Crippen LogP contribution in [0.15, 0.2) is 42.7 Å². The van der Waals surface area contributed by atoms with Gasteiger partial charge >= 0.3 is 6.01 Å². The largest absolute Gasteiger partial charge is 0.424 e. The van der Waals surface area contributed by atoms with Crippen LogP contribution in [0.2, 0.25) is 0 Å². The molecular weight excluding hydrogens is 270 g/mol. The standard InChI is InChI=1S/C15H15N3O3/c19-14(11-6-7-20-10-11)18-12-8-16-15(17-9-12)21-13-4-2-1-3-5-13/h1-5,8-9,11H,6-7,10H2,(H,18,19). The van der Waals surface area contributed by atoms with Gasteiger partial charge in [-0.3, -0.25) is 4.79 Å². The van der Waals surface area contributed by atoms with Crippen LogP contribution in [0, 0.1) is 5.92 Å². The van der Waals surface area contributed by atoms with Crippen molar-refractivity contribution in [3.05, 3.63) is 42.7 Å². The molecule has 108 valence electrons. The first-order chi connectivity index (χ1) is 10.3. The second-order valence-corrected chi connectivity index (χ2v) is 4.72. The molecule has 21 heavy (non-hydrogen) atoms. The fraction of sp³-hybridized carbons (Fsp3) is 0.267. The number of aromatic nitrogens is 2. The average Bonchev–Trinajstić information content (AvgIpc) is 3.05. The molecule has 0 spiro atoms. The van der Waals surface area contributed by atoms with Gasteiger partial charge in [0.15, 0.2) is 0 Å². The maximum Gasteiger partial charge on any atom is 0.322 e. The number of para-hydroxylation sites is 1. The minimum atomic E-state index is -0.0924. The molecule has 2 heterocycles. The lowest BCUT2D eigenvalue weighted by molar-refractivity contribution is -0.119. The number of hydrogen-bond acceptors (Lipinski definition) is 5. The maximum absolute atomic E-state index is 11.9. The number of benzene rings is 1. The molecule has 1 unspecified atom stereocenters. The van der Waals surface area contributed by atoms with Crippen LogP contribution in [-0.2, 0) is 9.53 Å². The van der Waals surface area contributed by atoms with Gasteiger partial charge in [0.25, 0.3) is 0 Å². The molecule has 1 aliphatic rings. The monoisotopic (exact) mass is 285 g/mol. The SMILES string of the molecule is O=C(Nc1cnc(Oc2ccccc2)nc1)C1CCOC1. The Balaban J connectivity index is 1.60. The molecule has 1 fully saturated rings. The third kappa shape index (κ3) is 3.55. The third-order valence-electron chi connectivity index (χ3n) is 3.15. The van der Waals surface area contributed by atoms with Crippen LogP contribution < -0.4 is 10.1 Å². The highest BCUT2D eigenvalue weighted by Gasteiger charge is 2.23. The molecule has 1 amide bonds. The van der Waals surface area contributed by atoms with Crippen LogP contribution in [0.4, 0.5) is 5.69 Å². The summed E-state index contributed by atoms with van der Waals surface area (Å²) in [5.74, 6) is 0.510. The van der Waals surface area contributed by atoms with E-state index in [1.165, 1.54) is 12.4 Å². The number of nitrogens with one attached hydrogen (secondary N) is 1. The van der Waals surface area contributed by atoms with E-state index in [9.17, 15) is 4.79 Å². The van der Waals surface area contributed by atoms with Gasteiger partial charge in [-0.2, -0.15) is 0 Å². The fourth-order valence-electron chi connectivity index (χ4n) is 2.01. The van der Waals surface area contributed by atoms with Gasteiger partial charge in [0.05, 0.1) is 30.6 Å². The fourth-order valence-corrected chi connectivity index (χ4v) is 2.01. The first kappa shape index (κ1) is 13.5. The second-order valence-electron chi connectivity index (χ2n) is 4.72. The number of carbonyl (C=O) groups excluding carboxylic acids is 1. The number of amides is 1. The summed E-state index contributed by atoms with van der Waals surface area (Å²) < 4.78 is 10.7. The zero-order valence-electron chi connectivity index (χ0n) is 11.4. The molecule has 1 N–H and O–H groups in total. The van der Waals surface area contributed by atoms with Gasteiger partial charge in [-0.25, -0.2) is 9.97 Å². The molecule has 6 nitrogen and oxygen atoms in total. The molecule has 3 rings (SSSR count). The molecule has 1 saturated heterocycles. The first-order valence-electron chi connectivity index (χ1n) is 6.75. The zero-order chi connectivity index (χ0) is 14.5. The van der Waals surface area contributed by atoms with Gasteiger partial charge < -0.3 is 14.8 Å². The van der Waals surface area contributed by atoms with E-state index >= 15 is 0 Å². The highest BCUT2D eigenvalue weighted by molar-refractivity contribution is 5.92. The average molecular weight is 285 g/mol. The Kier molecular flexibility index (Phi) is 4.07. The van der Waals surface area contributed by atoms with Crippen LogP contribution in [0.25, 0.3) is 0 Å². The van der Waals surface area contributed by atoms with Crippen molar-refractivity contribution in [2.45, 2.75) is 6.42 Å². The molecule has 2 aromatic rings. The van der Waals surface area contributed by atoms with Crippen molar-refractivity contribution in [1.29, 1.82) is 0 Å². The minimum Gasteiger partial charge on any atom is -0.424 e. The summed E-state index contributed by atoms with van der Waals surface area (Å²) in [6.45, 7) is 1.11. The minimum absolute atomic E-state index is 0.0622. The van der Waals surface area contributed by atoms with Crippen LogP contribution in [-0.4, -0.2) is 29.1 Å². The normalized spacial score (nSPS) is 17.4. The van der Waals surface area contributed by atoms with Crippen LogP contribution in [0.5, 0.6) is 11.8 Å². The Bertz CT molecular complexity index is 595. The molecule has 0 saturated carbocycles. The van der Waals surface area contributed by atoms with Crippen molar-refractivity contribution in [3.63, 3.8) is 0 Å². The van der Waals surface area contributed by atoms with E-state index in [1.54, 1.807) is 0 Å². The Morgan fingerprint density at radius 2 is 2.00 bits per heavy atom. The van der Waals surface area contributed by atoms with Gasteiger partial charge in [-0.15, -0.1) is 0 Å². The lowest BCUT2D eigenvalue weighted by Gasteiger charge is -2.09. The van der Waals surface area contributed by atoms with Crippen molar-refractivity contribution < 1.29 is 14.3 Å². The van der Waals surface area contributed by atoms with E-state index in [4.69, 9.17) is 9.47 Å². The predicted octanol–water partition coefficient (Wildman–Crippen LogP) is 2.24. The lowest BCUT2D eigenvalue weighted by Crippen LogP contribution is -2.22. The summed E-state index contributed by atoms with van der Waals surface area (Å²) in [7, 11) is 0. The van der Waals surface area contributed by atoms with Crippen molar-refractivity contribution in [2.24, 2.45) is 5.92 Å². The summed E-state index contributed by atoms with van der Waals surface area (Å²) in [6.07, 6.45) is 3.81. The molecule has 0 radical (unpaired) electrons. The first-order valence-corrected chi connectivity index (χ1v) is 6.75. The Labute approximate surface area is 122 Å². The van der Waals surface area contributed by atoms with E-state index < -0.39 is 0 Å². The van der Waals surface area contributed by atoms with E-state index in [0.29, 0.717) is 24.7 Å². The highest BCUT2D eigenvalue weighted by atomic mass is 16.5. The van der Waals surface area contributed by atoms with E-state index in [0.717, 1.165) is 6.42 Å². The molecule has 0 bridgehead atoms. The molecule has 1 aromatic heterocycles. The Hall–Kier alpha value is -2.47. The Morgan fingerprint density at radius 1 is 1.24 bits per heavy atom. The number of hydrogen-bond donors (Lipinski definition) is 1. The number of rotatable bonds is 4.